The zero-order chi connectivity index (χ0) is 20.3. The number of thioether (sulfide) groups is 1. The zero-order valence-corrected chi connectivity index (χ0v) is 17.6. The van der Waals surface area contributed by atoms with E-state index in [4.69, 9.17) is 11.6 Å². The molecule has 5 aromatic rings. The number of pyridine rings is 1. The normalized spacial score (nSPS) is 11.2. The summed E-state index contributed by atoms with van der Waals surface area (Å²) >= 11 is 7.73. The van der Waals surface area contributed by atoms with Crippen LogP contribution in [0.3, 0.4) is 0 Å². The van der Waals surface area contributed by atoms with Crippen LogP contribution in [0.5, 0.6) is 0 Å². The van der Waals surface area contributed by atoms with Gasteiger partial charge in [-0.3, -0.25) is 4.57 Å². The number of fused-ring (bicyclic) bond motifs is 1. The first-order valence-electron chi connectivity index (χ1n) is 9.56. The van der Waals surface area contributed by atoms with Gasteiger partial charge in [-0.15, -0.1) is 10.2 Å². The van der Waals surface area contributed by atoms with Gasteiger partial charge in [0.25, 0.3) is 0 Å². The van der Waals surface area contributed by atoms with Crippen molar-refractivity contribution in [1.29, 1.82) is 0 Å². The molecule has 3 aromatic heterocycles. The van der Waals surface area contributed by atoms with Crippen LogP contribution in [0.1, 0.15) is 17.1 Å². The van der Waals surface area contributed by atoms with Gasteiger partial charge in [0.2, 0.25) is 0 Å². The van der Waals surface area contributed by atoms with Gasteiger partial charge in [-0.2, -0.15) is 0 Å². The Morgan fingerprint density at radius 1 is 0.867 bits per heavy atom. The largest absolute Gasteiger partial charge is 0.307 e. The van der Waals surface area contributed by atoms with Crippen LogP contribution in [0.15, 0.2) is 90.3 Å². The molecule has 5 rings (SSSR count). The number of imidazole rings is 1. The summed E-state index contributed by atoms with van der Waals surface area (Å²) in [5.41, 5.74) is 4.13. The molecule has 0 fully saturated rings. The van der Waals surface area contributed by atoms with Crippen molar-refractivity contribution < 1.29 is 0 Å². The van der Waals surface area contributed by atoms with Gasteiger partial charge in [-0.05, 0) is 42.0 Å². The fraction of sp³-hybridized carbons (Fsp3) is 0.0870. The van der Waals surface area contributed by atoms with Crippen LogP contribution in [-0.2, 0) is 12.2 Å². The third kappa shape index (κ3) is 3.97. The number of nitrogens with zero attached hydrogens (tertiary/aromatic N) is 5. The van der Waals surface area contributed by atoms with Gasteiger partial charge in [0, 0.05) is 35.3 Å². The van der Waals surface area contributed by atoms with Gasteiger partial charge in [0.15, 0.2) is 5.16 Å². The average molecular weight is 432 g/mol. The van der Waals surface area contributed by atoms with E-state index in [-0.39, 0.29) is 0 Å². The monoisotopic (exact) mass is 431 g/mol. The molecule has 148 valence electrons. The molecule has 7 heteroatoms. The minimum Gasteiger partial charge on any atom is -0.307 e. The van der Waals surface area contributed by atoms with Crippen molar-refractivity contribution in [3.8, 4) is 5.69 Å². The number of hydrogen-bond acceptors (Lipinski definition) is 4. The van der Waals surface area contributed by atoms with E-state index in [1.54, 1.807) is 11.8 Å². The van der Waals surface area contributed by atoms with Crippen molar-refractivity contribution >= 4 is 29.0 Å². The summed E-state index contributed by atoms with van der Waals surface area (Å²) in [5.74, 6) is 1.60. The first-order chi connectivity index (χ1) is 14.8. The molecule has 0 amide bonds. The average Bonchev–Trinajstić information content (AvgIpc) is 3.37. The second-order valence-corrected chi connectivity index (χ2v) is 8.24. The van der Waals surface area contributed by atoms with Crippen LogP contribution in [0.25, 0.3) is 11.3 Å². The van der Waals surface area contributed by atoms with Gasteiger partial charge in [0.05, 0.1) is 5.69 Å². The van der Waals surface area contributed by atoms with Crippen molar-refractivity contribution in [2.45, 2.75) is 17.3 Å². The summed E-state index contributed by atoms with van der Waals surface area (Å²) in [6, 6.07) is 24.1. The Hall–Kier alpha value is -3.09. The molecule has 0 aliphatic heterocycles. The van der Waals surface area contributed by atoms with E-state index in [1.807, 2.05) is 71.3 Å². The Morgan fingerprint density at radius 2 is 1.67 bits per heavy atom. The number of hydrogen-bond donors (Lipinski definition) is 0. The highest BCUT2D eigenvalue weighted by Crippen LogP contribution is 2.27. The molecule has 0 aliphatic rings. The Kier molecular flexibility index (Phi) is 5.26. The Bertz CT molecular complexity index is 1250. The fourth-order valence-electron chi connectivity index (χ4n) is 3.33. The van der Waals surface area contributed by atoms with Crippen LogP contribution < -0.4 is 0 Å². The maximum atomic E-state index is 6.11. The molecule has 30 heavy (non-hydrogen) atoms. The van der Waals surface area contributed by atoms with E-state index >= 15 is 0 Å². The molecule has 0 radical (unpaired) electrons. The minimum atomic E-state index is 0.700. The minimum absolute atomic E-state index is 0.700. The first kappa shape index (κ1) is 18.9. The molecule has 3 heterocycles. The van der Waals surface area contributed by atoms with Crippen LogP contribution in [-0.4, -0.2) is 24.1 Å². The molecule has 0 saturated carbocycles. The first-order valence-corrected chi connectivity index (χ1v) is 10.9. The molecule has 2 aromatic carbocycles. The van der Waals surface area contributed by atoms with E-state index in [0.717, 1.165) is 28.0 Å². The molecule has 0 atom stereocenters. The Morgan fingerprint density at radius 3 is 2.47 bits per heavy atom. The number of rotatable bonds is 6. The van der Waals surface area contributed by atoms with E-state index in [9.17, 15) is 0 Å². The van der Waals surface area contributed by atoms with Crippen molar-refractivity contribution in [3.05, 3.63) is 107 Å². The highest BCUT2D eigenvalue weighted by Gasteiger charge is 2.16. The summed E-state index contributed by atoms with van der Waals surface area (Å²) in [4.78, 5) is 4.68. The lowest BCUT2D eigenvalue weighted by molar-refractivity contribution is 0.847. The van der Waals surface area contributed by atoms with Gasteiger partial charge >= 0.3 is 0 Å². The van der Waals surface area contributed by atoms with Crippen molar-refractivity contribution in [1.82, 2.24) is 24.1 Å². The summed E-state index contributed by atoms with van der Waals surface area (Å²) in [6.45, 7) is 0. The number of benzene rings is 2. The topological polar surface area (TPSA) is 48.0 Å². The van der Waals surface area contributed by atoms with Gasteiger partial charge in [0.1, 0.15) is 11.5 Å². The predicted molar refractivity (Wildman–Crippen MR) is 120 cm³/mol. The standard InChI is InChI=1S/C23H18ClN5S/c24-18-9-11-20(12-10-18)29-22(14-17-6-2-1-3-7-17)26-27-23(29)30-16-19-15-28-13-5-4-8-21(28)25-19/h1-13,15H,14,16H2. The molecular formula is C23H18ClN5S. The molecule has 5 nitrogen and oxygen atoms in total. The lowest BCUT2D eigenvalue weighted by atomic mass is 10.1. The lowest BCUT2D eigenvalue weighted by Gasteiger charge is -2.10. The summed E-state index contributed by atoms with van der Waals surface area (Å²) in [6.07, 6.45) is 4.76. The maximum Gasteiger partial charge on any atom is 0.196 e. The van der Waals surface area contributed by atoms with Crippen molar-refractivity contribution in [3.63, 3.8) is 0 Å². The SMILES string of the molecule is Clc1ccc(-n2c(Cc3ccccc3)nnc2SCc2cn3ccccc3n2)cc1. The molecule has 0 N–H and O–H groups in total. The smallest absolute Gasteiger partial charge is 0.196 e. The molecule has 0 spiro atoms. The van der Waals surface area contributed by atoms with Crippen LogP contribution in [0.2, 0.25) is 5.02 Å². The third-order valence-electron chi connectivity index (χ3n) is 4.75. The van der Waals surface area contributed by atoms with Crippen molar-refractivity contribution in [2.75, 3.05) is 0 Å². The quantitative estimate of drug-likeness (QED) is 0.335. The Labute approximate surface area is 183 Å². The van der Waals surface area contributed by atoms with E-state index in [2.05, 4.69) is 38.1 Å². The predicted octanol–water partition coefficient (Wildman–Crippen LogP) is 5.45. The van der Waals surface area contributed by atoms with Gasteiger partial charge in [-0.1, -0.05) is 59.8 Å². The van der Waals surface area contributed by atoms with Gasteiger partial charge < -0.3 is 4.40 Å². The van der Waals surface area contributed by atoms with Crippen molar-refractivity contribution in [2.24, 2.45) is 0 Å². The molecule has 0 aliphatic carbocycles. The Balaban J connectivity index is 1.46. The van der Waals surface area contributed by atoms with Crippen LogP contribution >= 0.6 is 23.4 Å². The third-order valence-corrected chi connectivity index (χ3v) is 5.97. The second kappa shape index (κ2) is 8.34. The van der Waals surface area contributed by atoms with Crippen LogP contribution in [0, 0.1) is 0 Å². The number of halogens is 1. The lowest BCUT2D eigenvalue weighted by Crippen LogP contribution is -2.04. The summed E-state index contributed by atoms with van der Waals surface area (Å²) in [7, 11) is 0. The van der Waals surface area contributed by atoms with Crippen LogP contribution in [0.4, 0.5) is 0 Å². The molecule has 0 bridgehead atoms. The highest BCUT2D eigenvalue weighted by atomic mass is 35.5. The molecule has 0 unspecified atom stereocenters. The summed E-state index contributed by atoms with van der Waals surface area (Å²) in [5, 5.41) is 10.5. The van der Waals surface area contributed by atoms with E-state index in [1.165, 1.54) is 5.56 Å². The van der Waals surface area contributed by atoms with E-state index in [0.29, 0.717) is 17.2 Å². The molecule has 0 saturated heterocycles. The summed E-state index contributed by atoms with van der Waals surface area (Å²) < 4.78 is 4.13. The highest BCUT2D eigenvalue weighted by molar-refractivity contribution is 7.98. The van der Waals surface area contributed by atoms with E-state index < -0.39 is 0 Å². The second-order valence-electron chi connectivity index (χ2n) is 6.86. The molecular weight excluding hydrogens is 414 g/mol. The fourth-order valence-corrected chi connectivity index (χ4v) is 4.31. The van der Waals surface area contributed by atoms with Gasteiger partial charge in [-0.25, -0.2) is 4.98 Å². The zero-order valence-electron chi connectivity index (χ0n) is 16.0. The number of aromatic nitrogens is 5. The maximum absolute atomic E-state index is 6.11.